The highest BCUT2D eigenvalue weighted by Gasteiger charge is 2.27. The number of benzene rings is 9. The van der Waals surface area contributed by atoms with Gasteiger partial charge in [0.15, 0.2) is 5.58 Å². The zero-order valence-corrected chi connectivity index (χ0v) is 42.4. The summed E-state index contributed by atoms with van der Waals surface area (Å²) in [4.78, 5) is 15.3. The van der Waals surface area contributed by atoms with Crippen molar-refractivity contribution >= 4 is 76.6 Å². The lowest BCUT2D eigenvalue weighted by Gasteiger charge is -2.13. The maximum absolute atomic E-state index is 7.02. The second kappa shape index (κ2) is 16.8. The third kappa shape index (κ3) is 6.58. The molecule has 0 saturated heterocycles. The van der Waals surface area contributed by atoms with Crippen LogP contribution in [0, 0.1) is 20.8 Å². The molecule has 0 bridgehead atoms. The fraction of sp³-hybridized carbons (Fsp3) is 0.0580. The molecule has 0 spiro atoms. The van der Waals surface area contributed by atoms with Gasteiger partial charge in [-0.15, -0.1) is 0 Å². The molecular weight excluding hydrogens is 929 g/mol. The molecular formula is C69H48N6O. The molecule has 0 aliphatic carbocycles. The molecule has 7 nitrogen and oxygen atoms in total. The van der Waals surface area contributed by atoms with Gasteiger partial charge < -0.3 is 8.98 Å². The Kier molecular flexibility index (Phi) is 9.69. The minimum Gasteiger partial charge on any atom is -0.454 e. The highest BCUT2D eigenvalue weighted by Crippen LogP contribution is 2.47. The maximum atomic E-state index is 7.02. The number of furan rings is 1. The largest absolute Gasteiger partial charge is 0.454 e. The highest BCUT2D eigenvalue weighted by molar-refractivity contribution is 6.21. The van der Waals surface area contributed by atoms with E-state index in [1.165, 1.54) is 49.7 Å². The SMILES string of the molecule is Cc1cc(C)c(-c2ccc3c(c2)c2ccc(-c4cc5c6ccccc6oc5c5c4nc(-c4cccc6c7c(-c8ccccc8)cccc7n(C)c46)n5-c4ccccc4)cc2n3-c2cc(-c3ccncc3)ccn2)c(C)c1. The smallest absolute Gasteiger partial charge is 0.161 e. The van der Waals surface area contributed by atoms with Crippen molar-refractivity contribution in [3.63, 3.8) is 0 Å². The van der Waals surface area contributed by atoms with E-state index in [0.29, 0.717) is 0 Å². The first-order valence-corrected chi connectivity index (χ1v) is 25.9. The van der Waals surface area contributed by atoms with Crippen LogP contribution in [0.4, 0.5) is 0 Å². The summed E-state index contributed by atoms with van der Waals surface area (Å²) in [6, 6.07) is 72.1. The first kappa shape index (κ1) is 43.7. The number of rotatable bonds is 7. The Hall–Kier alpha value is -9.85. The van der Waals surface area contributed by atoms with Crippen LogP contribution in [0.5, 0.6) is 0 Å². The molecule has 7 heteroatoms. The lowest BCUT2D eigenvalue weighted by molar-refractivity contribution is 0.671. The first-order valence-electron chi connectivity index (χ1n) is 25.9. The highest BCUT2D eigenvalue weighted by atomic mass is 16.3. The van der Waals surface area contributed by atoms with Crippen molar-refractivity contribution < 1.29 is 4.42 Å². The van der Waals surface area contributed by atoms with Crippen molar-refractivity contribution in [3.8, 4) is 67.4 Å². The van der Waals surface area contributed by atoms with E-state index in [2.05, 4.69) is 228 Å². The van der Waals surface area contributed by atoms with Crippen LogP contribution in [-0.2, 0) is 7.05 Å². The molecule has 0 amide bonds. The molecule has 0 aliphatic rings. The Labute approximate surface area is 438 Å². The standard InChI is InChI=1S/C69H48N6O/c1-41-35-42(2)63(43(3)36-41)48-26-28-58-56(37-48)51-27-25-47(38-60(51)75(58)62-39-46(31-34-71-62)44-29-32-70-33-30-44)55-40-57-52-19-11-12-24-61(52)76-68(57)67-65(55)72-69(74(67)49-17-9-6-10-18-49)54-22-13-21-53-64-50(45-15-7-5-8-16-45)20-14-23-59(64)73(4)66(53)54/h5-40H,1-4H3. The predicted molar refractivity (Wildman–Crippen MR) is 314 cm³/mol. The zero-order chi connectivity index (χ0) is 50.8. The van der Waals surface area contributed by atoms with Crippen LogP contribution < -0.4 is 0 Å². The Morgan fingerprint density at radius 2 is 1.16 bits per heavy atom. The number of fused-ring (bicyclic) bond motifs is 11. The fourth-order valence-electron chi connectivity index (χ4n) is 12.5. The number of pyridine rings is 2. The summed E-state index contributed by atoms with van der Waals surface area (Å²) in [6.07, 6.45) is 5.60. The van der Waals surface area contributed by atoms with E-state index in [1.54, 1.807) is 0 Å². The summed E-state index contributed by atoms with van der Waals surface area (Å²) in [7, 11) is 2.18. The van der Waals surface area contributed by atoms with Crippen LogP contribution in [0.15, 0.2) is 223 Å². The lowest BCUT2D eigenvalue weighted by Crippen LogP contribution is -1.99. The molecule has 9 aromatic carbocycles. The fourth-order valence-corrected chi connectivity index (χ4v) is 12.5. The van der Waals surface area contributed by atoms with Crippen molar-refractivity contribution in [1.82, 2.24) is 28.7 Å². The Balaban J connectivity index is 1.04. The van der Waals surface area contributed by atoms with Gasteiger partial charge >= 0.3 is 0 Å². The number of para-hydroxylation sites is 3. The van der Waals surface area contributed by atoms with Gasteiger partial charge in [0, 0.05) is 80.3 Å². The summed E-state index contributed by atoms with van der Waals surface area (Å²) in [5.74, 6) is 1.66. The van der Waals surface area contributed by atoms with Crippen molar-refractivity contribution in [1.29, 1.82) is 0 Å². The molecule has 0 fully saturated rings. The molecule has 0 atom stereocenters. The molecule has 6 aromatic heterocycles. The van der Waals surface area contributed by atoms with Gasteiger partial charge in [-0.3, -0.25) is 14.1 Å². The molecule has 0 saturated carbocycles. The van der Waals surface area contributed by atoms with Gasteiger partial charge in [-0.25, -0.2) is 9.97 Å². The number of hydrogen-bond donors (Lipinski definition) is 0. The van der Waals surface area contributed by atoms with Gasteiger partial charge in [0.2, 0.25) is 0 Å². The van der Waals surface area contributed by atoms with E-state index in [-0.39, 0.29) is 0 Å². The minimum absolute atomic E-state index is 0.791. The number of aryl methyl sites for hydroxylation is 4. The molecule has 0 unspecified atom stereocenters. The number of hydrogen-bond acceptors (Lipinski definition) is 4. The van der Waals surface area contributed by atoms with Crippen LogP contribution in [0.3, 0.4) is 0 Å². The van der Waals surface area contributed by atoms with Gasteiger partial charge in [-0.2, -0.15) is 0 Å². The molecule has 15 rings (SSSR count). The maximum Gasteiger partial charge on any atom is 0.161 e. The van der Waals surface area contributed by atoms with Crippen LogP contribution in [-0.4, -0.2) is 28.7 Å². The summed E-state index contributed by atoms with van der Waals surface area (Å²) >= 11 is 0. The van der Waals surface area contributed by atoms with E-state index >= 15 is 0 Å². The summed E-state index contributed by atoms with van der Waals surface area (Å²) < 4.78 is 14.0. The second-order valence-corrected chi connectivity index (χ2v) is 20.2. The number of aromatic nitrogens is 6. The van der Waals surface area contributed by atoms with Crippen LogP contribution in [0.2, 0.25) is 0 Å². The van der Waals surface area contributed by atoms with Gasteiger partial charge in [0.05, 0.1) is 16.6 Å². The summed E-state index contributed by atoms with van der Waals surface area (Å²) in [6.45, 7) is 6.61. The van der Waals surface area contributed by atoms with Crippen LogP contribution in [0.1, 0.15) is 16.7 Å². The van der Waals surface area contributed by atoms with Gasteiger partial charge in [0.25, 0.3) is 0 Å². The molecule has 15 aromatic rings. The van der Waals surface area contributed by atoms with Crippen molar-refractivity contribution in [2.75, 3.05) is 0 Å². The van der Waals surface area contributed by atoms with Crippen molar-refractivity contribution in [3.05, 3.63) is 235 Å². The van der Waals surface area contributed by atoms with E-state index in [9.17, 15) is 0 Å². The average molecular weight is 977 g/mol. The van der Waals surface area contributed by atoms with E-state index in [1.807, 2.05) is 36.8 Å². The van der Waals surface area contributed by atoms with E-state index in [0.717, 1.165) is 111 Å². The third-order valence-electron chi connectivity index (χ3n) is 15.7. The zero-order valence-electron chi connectivity index (χ0n) is 42.4. The minimum atomic E-state index is 0.791. The Bertz CT molecular complexity index is 4820. The van der Waals surface area contributed by atoms with Gasteiger partial charge in [-0.1, -0.05) is 127 Å². The van der Waals surface area contributed by atoms with Crippen LogP contribution in [0.25, 0.3) is 144 Å². The van der Waals surface area contributed by atoms with E-state index in [4.69, 9.17) is 14.4 Å². The molecule has 0 aliphatic heterocycles. The molecule has 0 radical (unpaired) electrons. The van der Waals surface area contributed by atoms with E-state index < -0.39 is 0 Å². The van der Waals surface area contributed by atoms with Crippen molar-refractivity contribution in [2.24, 2.45) is 7.05 Å². The summed E-state index contributed by atoms with van der Waals surface area (Å²) in [5.41, 5.74) is 22.6. The topological polar surface area (TPSA) is 66.6 Å². The third-order valence-corrected chi connectivity index (χ3v) is 15.7. The van der Waals surface area contributed by atoms with Gasteiger partial charge in [0.1, 0.15) is 28.3 Å². The second-order valence-electron chi connectivity index (χ2n) is 20.2. The number of nitrogens with zero attached hydrogens (tertiary/aromatic N) is 6. The normalized spacial score (nSPS) is 11.9. The summed E-state index contributed by atoms with van der Waals surface area (Å²) in [5, 5.41) is 6.76. The molecule has 0 N–H and O–H groups in total. The first-order chi connectivity index (χ1) is 37.4. The predicted octanol–water partition coefficient (Wildman–Crippen LogP) is 17.7. The Morgan fingerprint density at radius 3 is 1.99 bits per heavy atom. The molecule has 360 valence electrons. The van der Waals surface area contributed by atoms with Gasteiger partial charge in [-0.05, 0) is 150 Å². The molecule has 6 heterocycles. The monoisotopic (exact) mass is 976 g/mol. The number of imidazole rings is 1. The Morgan fingerprint density at radius 1 is 0.434 bits per heavy atom. The van der Waals surface area contributed by atoms with Crippen LogP contribution >= 0.6 is 0 Å². The van der Waals surface area contributed by atoms with Crippen molar-refractivity contribution in [2.45, 2.75) is 20.8 Å². The average Bonchev–Trinajstić information content (AvgIpc) is 4.35. The molecule has 76 heavy (non-hydrogen) atoms. The lowest BCUT2D eigenvalue weighted by atomic mass is 9.93. The quantitative estimate of drug-likeness (QED) is 0.160.